The van der Waals surface area contributed by atoms with Crippen LogP contribution in [0.5, 0.6) is 0 Å². The van der Waals surface area contributed by atoms with Crippen molar-refractivity contribution >= 4 is 22.7 Å². The van der Waals surface area contributed by atoms with Crippen LogP contribution in [0, 0.1) is 0 Å². The maximum atomic E-state index is 11.9. The summed E-state index contributed by atoms with van der Waals surface area (Å²) >= 11 is 0. The van der Waals surface area contributed by atoms with Gasteiger partial charge in [-0.2, -0.15) is 0 Å². The van der Waals surface area contributed by atoms with E-state index in [9.17, 15) is 4.79 Å². The van der Waals surface area contributed by atoms with Crippen LogP contribution in [0.25, 0.3) is 11.1 Å². The van der Waals surface area contributed by atoms with E-state index in [0.717, 1.165) is 35.3 Å². The van der Waals surface area contributed by atoms with Gasteiger partial charge in [0.2, 0.25) is 11.8 Å². The normalized spacial score (nSPS) is 15.9. The summed E-state index contributed by atoms with van der Waals surface area (Å²) in [4.78, 5) is 18.3. The molecule has 0 bridgehead atoms. The molecule has 3 aromatic rings. The first-order chi connectivity index (χ1) is 12.2. The highest BCUT2D eigenvalue weighted by molar-refractivity contribution is 5.95. The smallest absolute Gasteiger partial charge is 0.227 e. The van der Waals surface area contributed by atoms with Gasteiger partial charge in [0.25, 0.3) is 0 Å². The van der Waals surface area contributed by atoms with Crippen LogP contribution in [0.1, 0.15) is 37.3 Å². The Hall–Kier alpha value is -2.66. The molecule has 1 aromatic heterocycles. The summed E-state index contributed by atoms with van der Waals surface area (Å²) in [6.07, 6.45) is 1.59. The van der Waals surface area contributed by atoms with Crippen molar-refractivity contribution in [2.75, 3.05) is 11.4 Å². The number of benzene rings is 2. The number of amides is 1. The first kappa shape index (κ1) is 15.8. The second kappa shape index (κ2) is 6.69. The van der Waals surface area contributed by atoms with Gasteiger partial charge in [-0.25, -0.2) is 4.98 Å². The predicted octanol–water partition coefficient (Wildman–Crippen LogP) is 3.81. The molecule has 1 N–H and O–H groups in total. The molecule has 25 heavy (non-hydrogen) atoms. The zero-order chi connectivity index (χ0) is 17.2. The van der Waals surface area contributed by atoms with Gasteiger partial charge in [0, 0.05) is 24.7 Å². The van der Waals surface area contributed by atoms with Crippen molar-refractivity contribution in [2.24, 2.45) is 0 Å². The van der Waals surface area contributed by atoms with Gasteiger partial charge >= 0.3 is 0 Å². The Morgan fingerprint density at radius 2 is 2.12 bits per heavy atom. The quantitative estimate of drug-likeness (QED) is 0.770. The second-order valence-corrected chi connectivity index (χ2v) is 6.42. The standard InChI is InChI=1S/C20H21N3O2/c1-14(21-13-19-22-17-8-2-3-9-18(17)25-19)15-6-4-7-16(12-15)23-11-5-10-20(23)24/h2-4,6-9,12,14,21H,5,10-11,13H2,1H3. The summed E-state index contributed by atoms with van der Waals surface area (Å²) in [5.41, 5.74) is 3.81. The highest BCUT2D eigenvalue weighted by Gasteiger charge is 2.22. The van der Waals surface area contributed by atoms with E-state index in [1.54, 1.807) is 0 Å². The Morgan fingerprint density at radius 1 is 1.24 bits per heavy atom. The van der Waals surface area contributed by atoms with Gasteiger partial charge in [-0.3, -0.25) is 4.79 Å². The fourth-order valence-electron chi connectivity index (χ4n) is 3.24. The average Bonchev–Trinajstić information content (AvgIpc) is 3.25. The third-order valence-electron chi connectivity index (χ3n) is 4.65. The van der Waals surface area contributed by atoms with Crippen LogP contribution in [0.4, 0.5) is 5.69 Å². The number of para-hydroxylation sites is 2. The van der Waals surface area contributed by atoms with Gasteiger partial charge in [0.15, 0.2) is 5.58 Å². The molecule has 0 aliphatic carbocycles. The van der Waals surface area contributed by atoms with Crippen molar-refractivity contribution in [1.82, 2.24) is 10.3 Å². The number of fused-ring (bicyclic) bond motifs is 1. The summed E-state index contributed by atoms with van der Waals surface area (Å²) < 4.78 is 5.75. The van der Waals surface area contributed by atoms with E-state index in [1.165, 1.54) is 0 Å². The molecule has 4 rings (SSSR count). The number of hydrogen-bond acceptors (Lipinski definition) is 4. The molecule has 1 aliphatic heterocycles. The molecule has 1 unspecified atom stereocenters. The minimum absolute atomic E-state index is 0.132. The molecule has 2 heterocycles. The van der Waals surface area contributed by atoms with Crippen LogP contribution in [0.3, 0.4) is 0 Å². The lowest BCUT2D eigenvalue weighted by atomic mass is 10.1. The molecular formula is C20H21N3O2. The van der Waals surface area contributed by atoms with E-state index in [-0.39, 0.29) is 11.9 Å². The van der Waals surface area contributed by atoms with Gasteiger partial charge in [-0.1, -0.05) is 24.3 Å². The molecule has 0 radical (unpaired) electrons. The van der Waals surface area contributed by atoms with Crippen molar-refractivity contribution < 1.29 is 9.21 Å². The minimum atomic E-state index is 0.132. The van der Waals surface area contributed by atoms with E-state index in [2.05, 4.69) is 29.4 Å². The number of oxazole rings is 1. The Morgan fingerprint density at radius 3 is 2.92 bits per heavy atom. The molecule has 1 atom stereocenters. The van der Waals surface area contributed by atoms with Gasteiger partial charge in [0.05, 0.1) is 6.54 Å². The SMILES string of the molecule is CC(NCc1nc2ccccc2o1)c1cccc(N2CCCC2=O)c1. The van der Waals surface area contributed by atoms with E-state index in [0.29, 0.717) is 18.9 Å². The number of nitrogens with zero attached hydrogens (tertiary/aromatic N) is 2. The van der Waals surface area contributed by atoms with Crippen LogP contribution >= 0.6 is 0 Å². The second-order valence-electron chi connectivity index (χ2n) is 6.42. The molecule has 1 fully saturated rings. The summed E-state index contributed by atoms with van der Waals surface area (Å²) in [5, 5.41) is 3.45. The zero-order valence-corrected chi connectivity index (χ0v) is 14.2. The van der Waals surface area contributed by atoms with Gasteiger partial charge in [0.1, 0.15) is 5.52 Å². The molecule has 2 aromatic carbocycles. The number of rotatable bonds is 5. The Bertz CT molecular complexity index is 870. The molecule has 5 nitrogen and oxygen atoms in total. The van der Waals surface area contributed by atoms with Crippen molar-refractivity contribution in [3.8, 4) is 0 Å². The van der Waals surface area contributed by atoms with Crippen LogP contribution in [0.2, 0.25) is 0 Å². The number of hydrogen-bond donors (Lipinski definition) is 1. The number of carbonyl (C=O) groups excluding carboxylic acids is 1. The molecule has 128 valence electrons. The van der Waals surface area contributed by atoms with E-state index < -0.39 is 0 Å². The average molecular weight is 335 g/mol. The van der Waals surface area contributed by atoms with Gasteiger partial charge in [-0.05, 0) is 43.2 Å². The van der Waals surface area contributed by atoms with Gasteiger partial charge < -0.3 is 14.6 Å². The number of carbonyl (C=O) groups is 1. The van der Waals surface area contributed by atoms with Crippen molar-refractivity contribution in [2.45, 2.75) is 32.4 Å². The van der Waals surface area contributed by atoms with E-state index in [1.807, 2.05) is 41.3 Å². The van der Waals surface area contributed by atoms with Gasteiger partial charge in [-0.15, -0.1) is 0 Å². The molecule has 0 spiro atoms. The molecule has 0 saturated carbocycles. The topological polar surface area (TPSA) is 58.4 Å². The fourth-order valence-corrected chi connectivity index (χ4v) is 3.24. The third kappa shape index (κ3) is 3.28. The minimum Gasteiger partial charge on any atom is -0.439 e. The lowest BCUT2D eigenvalue weighted by molar-refractivity contribution is -0.117. The number of anilines is 1. The Balaban J connectivity index is 1.45. The van der Waals surface area contributed by atoms with E-state index in [4.69, 9.17) is 4.42 Å². The summed E-state index contributed by atoms with van der Waals surface area (Å²) in [6, 6.07) is 16.1. The Labute approximate surface area is 146 Å². The molecule has 1 amide bonds. The highest BCUT2D eigenvalue weighted by atomic mass is 16.3. The zero-order valence-electron chi connectivity index (χ0n) is 14.2. The maximum Gasteiger partial charge on any atom is 0.227 e. The number of aromatic nitrogens is 1. The van der Waals surface area contributed by atoms with Crippen LogP contribution < -0.4 is 10.2 Å². The Kier molecular flexibility index (Phi) is 4.24. The monoisotopic (exact) mass is 335 g/mol. The van der Waals surface area contributed by atoms with Crippen LogP contribution in [-0.2, 0) is 11.3 Å². The molecule has 1 aliphatic rings. The number of nitrogens with one attached hydrogen (secondary N) is 1. The fraction of sp³-hybridized carbons (Fsp3) is 0.300. The summed E-state index contributed by atoms with van der Waals surface area (Å²) in [5.74, 6) is 0.892. The van der Waals surface area contributed by atoms with Crippen LogP contribution in [0.15, 0.2) is 52.9 Å². The lowest BCUT2D eigenvalue weighted by Gasteiger charge is -2.19. The third-order valence-corrected chi connectivity index (χ3v) is 4.65. The van der Waals surface area contributed by atoms with Crippen LogP contribution in [-0.4, -0.2) is 17.4 Å². The molecular weight excluding hydrogens is 314 g/mol. The van der Waals surface area contributed by atoms with Crippen molar-refractivity contribution in [3.05, 3.63) is 60.0 Å². The largest absolute Gasteiger partial charge is 0.439 e. The first-order valence-electron chi connectivity index (χ1n) is 8.69. The summed E-state index contributed by atoms with van der Waals surface area (Å²) in [7, 11) is 0. The van der Waals surface area contributed by atoms with E-state index >= 15 is 0 Å². The predicted molar refractivity (Wildman–Crippen MR) is 97.3 cm³/mol. The van der Waals surface area contributed by atoms with Crippen molar-refractivity contribution in [1.29, 1.82) is 0 Å². The molecule has 1 saturated heterocycles. The first-order valence-corrected chi connectivity index (χ1v) is 8.69. The van der Waals surface area contributed by atoms with Crippen molar-refractivity contribution in [3.63, 3.8) is 0 Å². The molecule has 5 heteroatoms. The maximum absolute atomic E-state index is 11.9. The summed E-state index contributed by atoms with van der Waals surface area (Å²) in [6.45, 7) is 3.48. The highest BCUT2D eigenvalue weighted by Crippen LogP contribution is 2.25. The lowest BCUT2D eigenvalue weighted by Crippen LogP contribution is -2.24.